The van der Waals surface area contributed by atoms with Crippen LogP contribution >= 0.6 is 23.1 Å². The Balaban J connectivity index is 1.71. The Morgan fingerprint density at radius 2 is 2.03 bits per heavy atom. The number of ether oxygens (including phenoxy) is 1. The van der Waals surface area contributed by atoms with Crippen molar-refractivity contribution in [3.63, 3.8) is 0 Å². The molecule has 202 valence electrons. The standard InChI is InChI=1S/C27H38N4O4S2/c1-7-12-31-23(32)21-17-11-10-16(27(5,6)8-2)13-19(17)37-22(21)30-26(31)36-14-18-20(24(33)35-9-3)15(4)28-25(34)29-18/h15-16H,7-14H2,1-6H3,(H2,28,29,34)/t15-,16-/m1/s1. The van der Waals surface area contributed by atoms with E-state index in [9.17, 15) is 14.4 Å². The Bertz CT molecular complexity index is 1290. The number of fused-ring (bicyclic) bond motifs is 3. The molecule has 10 heteroatoms. The van der Waals surface area contributed by atoms with Crippen LogP contribution in [0.4, 0.5) is 4.79 Å². The number of aromatic nitrogens is 2. The van der Waals surface area contributed by atoms with Gasteiger partial charge in [0.05, 0.1) is 23.6 Å². The number of urea groups is 1. The Kier molecular flexibility index (Phi) is 8.38. The first-order valence-corrected chi connectivity index (χ1v) is 15.1. The van der Waals surface area contributed by atoms with E-state index in [0.717, 1.165) is 42.3 Å². The van der Waals surface area contributed by atoms with E-state index in [0.29, 0.717) is 34.6 Å². The summed E-state index contributed by atoms with van der Waals surface area (Å²) in [6, 6.07) is -0.831. The van der Waals surface area contributed by atoms with E-state index in [1.165, 1.54) is 22.2 Å². The van der Waals surface area contributed by atoms with Crippen molar-refractivity contribution in [1.82, 2.24) is 20.2 Å². The number of thiophene rings is 1. The zero-order valence-electron chi connectivity index (χ0n) is 22.7. The number of aryl methyl sites for hydroxylation is 1. The van der Waals surface area contributed by atoms with Crippen LogP contribution in [0.15, 0.2) is 21.2 Å². The summed E-state index contributed by atoms with van der Waals surface area (Å²) in [5.41, 5.74) is 2.37. The van der Waals surface area contributed by atoms with Crippen molar-refractivity contribution in [2.75, 3.05) is 12.4 Å². The number of thioether (sulfide) groups is 1. The molecule has 2 aromatic rings. The Hall–Kier alpha value is -2.33. The van der Waals surface area contributed by atoms with Crippen molar-refractivity contribution in [3.8, 4) is 0 Å². The molecule has 0 unspecified atom stereocenters. The maximum Gasteiger partial charge on any atom is 0.337 e. The molecule has 3 heterocycles. The molecule has 2 amide bonds. The predicted octanol–water partition coefficient (Wildman–Crippen LogP) is 5.02. The lowest BCUT2D eigenvalue weighted by Gasteiger charge is -2.36. The van der Waals surface area contributed by atoms with Crippen molar-refractivity contribution in [3.05, 3.63) is 32.1 Å². The normalized spacial score (nSPS) is 20.0. The molecule has 0 fully saturated rings. The van der Waals surface area contributed by atoms with Gasteiger partial charge in [0, 0.05) is 22.9 Å². The van der Waals surface area contributed by atoms with Crippen LogP contribution in [-0.2, 0) is 28.9 Å². The molecule has 37 heavy (non-hydrogen) atoms. The lowest BCUT2D eigenvalue weighted by molar-refractivity contribution is -0.138. The molecule has 0 aromatic carbocycles. The molecule has 0 bridgehead atoms. The van der Waals surface area contributed by atoms with Gasteiger partial charge in [-0.1, -0.05) is 45.9 Å². The van der Waals surface area contributed by atoms with Crippen LogP contribution in [0.2, 0.25) is 0 Å². The van der Waals surface area contributed by atoms with Gasteiger partial charge >= 0.3 is 12.0 Å². The predicted molar refractivity (Wildman–Crippen MR) is 149 cm³/mol. The zero-order valence-corrected chi connectivity index (χ0v) is 24.3. The lowest BCUT2D eigenvalue weighted by Crippen LogP contribution is -2.49. The highest BCUT2D eigenvalue weighted by molar-refractivity contribution is 7.99. The van der Waals surface area contributed by atoms with Crippen LogP contribution in [0.25, 0.3) is 10.2 Å². The van der Waals surface area contributed by atoms with E-state index < -0.39 is 12.0 Å². The minimum absolute atomic E-state index is 0.0161. The van der Waals surface area contributed by atoms with Gasteiger partial charge in [0.2, 0.25) is 0 Å². The summed E-state index contributed by atoms with van der Waals surface area (Å²) >= 11 is 3.03. The van der Waals surface area contributed by atoms with E-state index in [2.05, 4.69) is 31.4 Å². The number of amides is 2. The molecular weight excluding hydrogens is 508 g/mol. The quantitative estimate of drug-likeness (QED) is 0.260. The van der Waals surface area contributed by atoms with Gasteiger partial charge < -0.3 is 15.4 Å². The third-order valence-electron chi connectivity index (χ3n) is 7.81. The molecule has 0 saturated heterocycles. The van der Waals surface area contributed by atoms with Crippen molar-refractivity contribution in [1.29, 1.82) is 0 Å². The van der Waals surface area contributed by atoms with Crippen molar-refractivity contribution >= 4 is 45.3 Å². The fraction of sp³-hybridized carbons (Fsp3) is 0.630. The third kappa shape index (κ3) is 5.46. The number of hydrogen-bond acceptors (Lipinski definition) is 7. The molecule has 2 aromatic heterocycles. The summed E-state index contributed by atoms with van der Waals surface area (Å²) in [6.45, 7) is 13.3. The molecule has 2 N–H and O–H groups in total. The summed E-state index contributed by atoms with van der Waals surface area (Å²) in [5.74, 6) is 0.442. The SMILES string of the molecule is CCCn1c(SCC2=C(C(=O)OCC)[C@@H](C)NC(=O)N2)nc2sc3c(c2c1=O)CC[C@@H](C(C)(C)CC)C3. The van der Waals surface area contributed by atoms with E-state index in [-0.39, 0.29) is 23.6 Å². The number of nitrogens with zero attached hydrogens (tertiary/aromatic N) is 2. The fourth-order valence-electron chi connectivity index (χ4n) is 5.26. The highest BCUT2D eigenvalue weighted by Crippen LogP contribution is 2.44. The van der Waals surface area contributed by atoms with Gasteiger partial charge in [-0.25, -0.2) is 14.6 Å². The highest BCUT2D eigenvalue weighted by Gasteiger charge is 2.34. The number of rotatable bonds is 9. The van der Waals surface area contributed by atoms with Crippen LogP contribution in [0.5, 0.6) is 0 Å². The maximum absolute atomic E-state index is 13.8. The van der Waals surface area contributed by atoms with E-state index in [1.54, 1.807) is 29.8 Å². The van der Waals surface area contributed by atoms with Gasteiger partial charge in [-0.2, -0.15) is 0 Å². The second-order valence-corrected chi connectivity index (χ2v) is 12.6. The van der Waals surface area contributed by atoms with Crippen LogP contribution in [0.3, 0.4) is 0 Å². The largest absolute Gasteiger partial charge is 0.463 e. The molecule has 1 aliphatic carbocycles. The second kappa shape index (κ2) is 11.2. The monoisotopic (exact) mass is 546 g/mol. The topological polar surface area (TPSA) is 102 Å². The van der Waals surface area contributed by atoms with Gasteiger partial charge in [-0.3, -0.25) is 9.36 Å². The Morgan fingerprint density at radius 3 is 2.70 bits per heavy atom. The summed E-state index contributed by atoms with van der Waals surface area (Å²) in [4.78, 5) is 45.6. The number of carbonyl (C=O) groups excluding carboxylic acids is 2. The van der Waals surface area contributed by atoms with Crippen LogP contribution in [0.1, 0.15) is 71.2 Å². The van der Waals surface area contributed by atoms with E-state index >= 15 is 0 Å². The maximum atomic E-state index is 13.8. The summed E-state index contributed by atoms with van der Waals surface area (Å²) in [5, 5.41) is 6.88. The smallest absolute Gasteiger partial charge is 0.337 e. The number of hydrogen-bond donors (Lipinski definition) is 2. The van der Waals surface area contributed by atoms with Gasteiger partial charge in [-0.05, 0) is 56.4 Å². The Morgan fingerprint density at radius 1 is 1.27 bits per heavy atom. The third-order valence-corrected chi connectivity index (χ3v) is 9.96. The van der Waals surface area contributed by atoms with Gasteiger partial charge in [-0.15, -0.1) is 11.3 Å². The molecular formula is C27H38N4O4S2. The summed E-state index contributed by atoms with van der Waals surface area (Å²) in [7, 11) is 0. The van der Waals surface area contributed by atoms with Crippen LogP contribution in [0, 0.1) is 11.3 Å². The second-order valence-electron chi connectivity index (χ2n) is 10.5. The minimum Gasteiger partial charge on any atom is -0.463 e. The van der Waals surface area contributed by atoms with Crippen molar-refractivity contribution < 1.29 is 14.3 Å². The van der Waals surface area contributed by atoms with Gasteiger partial charge in [0.1, 0.15) is 4.83 Å². The van der Waals surface area contributed by atoms with Gasteiger partial charge in [0.25, 0.3) is 5.56 Å². The molecule has 4 rings (SSSR count). The minimum atomic E-state index is -0.471. The fourth-order valence-corrected chi connectivity index (χ4v) is 7.59. The number of nitrogens with one attached hydrogen (secondary N) is 2. The molecule has 8 nitrogen and oxygen atoms in total. The number of carbonyl (C=O) groups is 2. The van der Waals surface area contributed by atoms with Gasteiger partial charge in [0.15, 0.2) is 5.16 Å². The zero-order chi connectivity index (χ0) is 26.9. The molecule has 1 aliphatic heterocycles. The lowest BCUT2D eigenvalue weighted by atomic mass is 9.70. The van der Waals surface area contributed by atoms with E-state index in [4.69, 9.17) is 9.72 Å². The molecule has 0 radical (unpaired) electrons. The molecule has 2 atom stereocenters. The Labute approximate surface area is 226 Å². The van der Waals surface area contributed by atoms with Crippen LogP contribution in [-0.4, -0.2) is 40.0 Å². The number of esters is 1. The average Bonchev–Trinajstić information content (AvgIpc) is 3.22. The highest BCUT2D eigenvalue weighted by atomic mass is 32.2. The summed E-state index contributed by atoms with van der Waals surface area (Å²) in [6.07, 6.45) is 4.95. The average molecular weight is 547 g/mol. The first-order valence-electron chi connectivity index (χ1n) is 13.3. The van der Waals surface area contributed by atoms with Crippen molar-refractivity contribution in [2.45, 2.75) is 91.4 Å². The van der Waals surface area contributed by atoms with Crippen LogP contribution < -0.4 is 16.2 Å². The molecule has 0 spiro atoms. The van der Waals surface area contributed by atoms with E-state index in [1.807, 2.05) is 6.92 Å². The first kappa shape index (κ1) is 27.7. The van der Waals surface area contributed by atoms with Crippen molar-refractivity contribution in [2.24, 2.45) is 11.3 Å². The summed E-state index contributed by atoms with van der Waals surface area (Å²) < 4.78 is 6.99. The molecule has 2 aliphatic rings. The molecule has 0 saturated carbocycles. The first-order chi connectivity index (χ1) is 17.6.